The first-order chi connectivity index (χ1) is 13.0. The molecule has 1 spiro atoms. The highest BCUT2D eigenvalue weighted by molar-refractivity contribution is 7.91. The monoisotopic (exact) mass is 410 g/mol. The maximum atomic E-state index is 15.0. The van der Waals surface area contributed by atoms with E-state index in [0.29, 0.717) is 24.9 Å². The molecule has 2 aliphatic rings. The number of carbonyl (C=O) groups excluding carboxylic acids is 1. The highest BCUT2D eigenvalue weighted by Gasteiger charge is 2.65. The lowest BCUT2D eigenvalue weighted by atomic mass is 9.77. The Morgan fingerprint density at radius 1 is 1.36 bits per heavy atom. The van der Waals surface area contributed by atoms with E-state index in [2.05, 4.69) is 4.99 Å². The summed E-state index contributed by atoms with van der Waals surface area (Å²) < 4.78 is 41.6. The van der Waals surface area contributed by atoms with Gasteiger partial charge >= 0.3 is 0 Å². The molecule has 1 fully saturated rings. The minimum absolute atomic E-state index is 0.0250. The topological polar surface area (TPSA) is 96.1 Å². The van der Waals surface area contributed by atoms with Crippen LogP contribution in [0.3, 0.4) is 0 Å². The molecule has 28 heavy (non-hydrogen) atoms. The molecule has 0 saturated carbocycles. The summed E-state index contributed by atoms with van der Waals surface area (Å²) >= 11 is 0. The van der Waals surface area contributed by atoms with Gasteiger partial charge in [-0.3, -0.25) is 4.79 Å². The maximum absolute atomic E-state index is 15.0. The molecule has 0 amide bonds. The second-order valence-corrected chi connectivity index (χ2v) is 10.2. The van der Waals surface area contributed by atoms with Gasteiger partial charge in [0.1, 0.15) is 21.9 Å². The number of benzene rings is 1. The molecule has 1 saturated heterocycles. The average Bonchev–Trinajstić information content (AvgIpc) is 3.05. The number of hydrogen-bond donors (Lipinski definition) is 1. The van der Waals surface area contributed by atoms with Crippen LogP contribution in [0.4, 0.5) is 4.39 Å². The molecule has 0 unspecified atom stereocenters. The Morgan fingerprint density at radius 3 is 2.61 bits per heavy atom. The summed E-state index contributed by atoms with van der Waals surface area (Å²) in [5, 5.41) is 0. The smallest absolute Gasteiger partial charge is 0.247 e. The van der Waals surface area contributed by atoms with Crippen LogP contribution in [-0.2, 0) is 26.8 Å². The zero-order valence-electron chi connectivity index (χ0n) is 16.7. The van der Waals surface area contributed by atoms with Gasteiger partial charge < -0.3 is 10.6 Å². The standard InChI is InChI=1S/C19H27FN4O3S/c1-5-14(25)10-13-6-7-16(20)15(11-13)18(2)19(8-9-23(3)12-19)28(26,27)24(4)17(21)22-18/h6-7,11H,5,8-10,12H2,1-4H3,(H2,21,22)/t18-,19-/m1/s1. The minimum Gasteiger partial charge on any atom is -0.369 e. The van der Waals surface area contributed by atoms with Gasteiger partial charge in [0.2, 0.25) is 16.0 Å². The SMILES string of the molecule is CCC(=O)Cc1ccc(F)c([C@@]2(C)N=C(N)N(C)S(=O)(=O)[C@@]23CCN(C)C3)c1. The second-order valence-electron chi connectivity index (χ2n) is 7.88. The fraction of sp³-hybridized carbons (Fsp3) is 0.579. The van der Waals surface area contributed by atoms with E-state index in [0.717, 1.165) is 4.31 Å². The molecule has 3 rings (SSSR count). The number of rotatable bonds is 4. The Balaban J connectivity index is 2.26. The van der Waals surface area contributed by atoms with Crippen molar-refractivity contribution in [2.24, 2.45) is 10.7 Å². The van der Waals surface area contributed by atoms with Crippen molar-refractivity contribution < 1.29 is 17.6 Å². The Labute approximate surface area is 165 Å². The third kappa shape index (κ3) is 2.83. The van der Waals surface area contributed by atoms with Gasteiger partial charge in [-0.15, -0.1) is 0 Å². The number of Topliss-reactive ketones (excluding diaryl/α,β-unsaturated/α-hetero) is 1. The van der Waals surface area contributed by atoms with E-state index in [4.69, 9.17) is 5.73 Å². The van der Waals surface area contributed by atoms with Gasteiger partial charge in [-0.2, -0.15) is 0 Å². The largest absolute Gasteiger partial charge is 0.369 e. The first-order valence-corrected chi connectivity index (χ1v) is 10.8. The lowest BCUT2D eigenvalue weighted by molar-refractivity contribution is -0.118. The van der Waals surface area contributed by atoms with Crippen molar-refractivity contribution in [1.82, 2.24) is 9.21 Å². The van der Waals surface area contributed by atoms with Crippen molar-refractivity contribution in [1.29, 1.82) is 0 Å². The van der Waals surface area contributed by atoms with Gasteiger partial charge in [0.05, 0.1) is 0 Å². The highest BCUT2D eigenvalue weighted by atomic mass is 32.2. The fourth-order valence-corrected chi connectivity index (χ4v) is 6.53. The number of sulfonamides is 1. The Hall–Kier alpha value is -2.00. The van der Waals surface area contributed by atoms with Gasteiger partial charge in [0.15, 0.2) is 0 Å². The van der Waals surface area contributed by atoms with Crippen LogP contribution in [0.5, 0.6) is 0 Å². The van der Waals surface area contributed by atoms with Gasteiger partial charge in [-0.25, -0.2) is 22.1 Å². The molecule has 2 N–H and O–H groups in total. The quantitative estimate of drug-likeness (QED) is 0.805. The van der Waals surface area contributed by atoms with E-state index in [1.54, 1.807) is 26.0 Å². The molecular weight excluding hydrogens is 383 g/mol. The number of ketones is 1. The summed E-state index contributed by atoms with van der Waals surface area (Å²) in [5.74, 6) is -0.699. The van der Waals surface area contributed by atoms with Crippen molar-refractivity contribution in [2.45, 2.75) is 43.4 Å². The van der Waals surface area contributed by atoms with Gasteiger partial charge in [0.25, 0.3) is 0 Å². The van der Waals surface area contributed by atoms with E-state index in [-0.39, 0.29) is 30.3 Å². The fourth-order valence-electron chi connectivity index (χ4n) is 4.33. The summed E-state index contributed by atoms with van der Waals surface area (Å²) in [6.07, 6.45) is 0.850. The molecule has 9 heteroatoms. The number of hydrogen-bond acceptors (Lipinski definition) is 6. The lowest BCUT2D eigenvalue weighted by Gasteiger charge is -2.48. The molecule has 2 aliphatic heterocycles. The molecule has 0 aliphatic carbocycles. The molecule has 0 bridgehead atoms. The van der Waals surface area contributed by atoms with Crippen molar-refractivity contribution in [3.05, 3.63) is 35.1 Å². The van der Waals surface area contributed by atoms with Crippen molar-refractivity contribution in [3.63, 3.8) is 0 Å². The zero-order valence-corrected chi connectivity index (χ0v) is 17.5. The summed E-state index contributed by atoms with van der Waals surface area (Å²) in [6.45, 7) is 4.16. The number of guanidine groups is 1. The lowest BCUT2D eigenvalue weighted by Crippen LogP contribution is -2.65. The molecule has 0 radical (unpaired) electrons. The van der Waals surface area contributed by atoms with Crippen LogP contribution >= 0.6 is 0 Å². The first-order valence-electron chi connectivity index (χ1n) is 9.31. The number of nitrogens with zero attached hydrogens (tertiary/aromatic N) is 3. The molecule has 1 aromatic rings. The van der Waals surface area contributed by atoms with E-state index < -0.39 is 26.1 Å². The normalized spacial score (nSPS) is 29.9. The molecular formula is C19H27FN4O3S. The van der Waals surface area contributed by atoms with Crippen LogP contribution in [0.15, 0.2) is 23.2 Å². The molecule has 7 nitrogen and oxygen atoms in total. The Kier molecular flexibility index (Phi) is 5.04. The molecule has 0 aromatic heterocycles. The number of nitrogens with two attached hydrogens (primary N) is 1. The van der Waals surface area contributed by atoms with Crippen LogP contribution in [-0.4, -0.2) is 61.3 Å². The zero-order chi connectivity index (χ0) is 20.9. The van der Waals surface area contributed by atoms with Crippen LogP contribution in [0.1, 0.15) is 37.8 Å². The number of aliphatic imine (C=N–C) groups is 1. The molecule has 154 valence electrons. The van der Waals surface area contributed by atoms with Gasteiger partial charge in [-0.05, 0) is 44.6 Å². The summed E-state index contributed by atoms with van der Waals surface area (Å²) in [7, 11) is -0.687. The summed E-state index contributed by atoms with van der Waals surface area (Å²) in [4.78, 5) is 18.3. The third-order valence-electron chi connectivity index (χ3n) is 6.18. The highest BCUT2D eigenvalue weighted by Crippen LogP contribution is 2.51. The van der Waals surface area contributed by atoms with Crippen LogP contribution in [0.25, 0.3) is 0 Å². The molecule has 1 aromatic carbocycles. The second kappa shape index (κ2) is 6.81. The Morgan fingerprint density at radius 2 is 2.04 bits per heavy atom. The summed E-state index contributed by atoms with van der Waals surface area (Å²) in [5.41, 5.74) is 5.33. The molecule has 2 heterocycles. The minimum atomic E-state index is -3.89. The predicted molar refractivity (Wildman–Crippen MR) is 106 cm³/mol. The van der Waals surface area contributed by atoms with E-state index in [1.807, 2.05) is 11.9 Å². The van der Waals surface area contributed by atoms with E-state index in [1.165, 1.54) is 13.1 Å². The maximum Gasteiger partial charge on any atom is 0.247 e. The van der Waals surface area contributed by atoms with E-state index in [9.17, 15) is 13.2 Å². The molecule has 2 atom stereocenters. The number of carbonyl (C=O) groups is 1. The van der Waals surface area contributed by atoms with Crippen molar-refractivity contribution in [2.75, 3.05) is 27.2 Å². The van der Waals surface area contributed by atoms with Crippen molar-refractivity contribution in [3.8, 4) is 0 Å². The van der Waals surface area contributed by atoms with Gasteiger partial charge in [0, 0.05) is 32.0 Å². The van der Waals surface area contributed by atoms with Crippen molar-refractivity contribution >= 4 is 21.8 Å². The number of likely N-dealkylation sites (tertiary alicyclic amines) is 1. The van der Waals surface area contributed by atoms with Crippen LogP contribution in [0, 0.1) is 5.82 Å². The number of halogens is 1. The Bertz CT molecular complexity index is 948. The average molecular weight is 411 g/mol. The van der Waals surface area contributed by atoms with Gasteiger partial charge in [-0.1, -0.05) is 13.0 Å². The third-order valence-corrected chi connectivity index (χ3v) is 8.80. The predicted octanol–water partition coefficient (Wildman–Crippen LogP) is 1.23. The van der Waals surface area contributed by atoms with Crippen LogP contribution in [0.2, 0.25) is 0 Å². The summed E-state index contributed by atoms with van der Waals surface area (Å²) in [6, 6.07) is 4.40. The van der Waals surface area contributed by atoms with Crippen LogP contribution < -0.4 is 5.73 Å². The van der Waals surface area contributed by atoms with E-state index >= 15 is 4.39 Å². The first kappa shape index (κ1) is 20.7.